The van der Waals surface area contributed by atoms with Crippen LogP contribution in [0.2, 0.25) is 0 Å². The van der Waals surface area contributed by atoms with Gasteiger partial charge in [0.25, 0.3) is 0 Å². The van der Waals surface area contributed by atoms with Crippen molar-refractivity contribution in [2.45, 2.75) is 60.4 Å². The molecule has 3 N–H and O–H groups in total. The first-order valence-corrected chi connectivity index (χ1v) is 10.3. The van der Waals surface area contributed by atoms with Crippen LogP contribution >= 0.6 is 11.9 Å². The van der Waals surface area contributed by atoms with E-state index in [4.69, 9.17) is 0 Å². The molecule has 0 aromatic heterocycles. The second kappa shape index (κ2) is 6.78. The summed E-state index contributed by atoms with van der Waals surface area (Å²) in [5.41, 5.74) is 1.01. The Balaban J connectivity index is 1.82. The van der Waals surface area contributed by atoms with Crippen molar-refractivity contribution < 1.29 is 8.42 Å². The molecule has 1 saturated heterocycles. The minimum absolute atomic E-state index is 0.241. The lowest BCUT2D eigenvalue weighted by atomic mass is 10.2. The van der Waals surface area contributed by atoms with Gasteiger partial charge in [0, 0.05) is 4.90 Å². The van der Waals surface area contributed by atoms with Crippen LogP contribution in [0.25, 0.3) is 0 Å². The fourth-order valence-electron chi connectivity index (χ4n) is 2.90. The second-order valence-corrected chi connectivity index (χ2v) is 8.86. The standard InChI is InChI=1S/C15H23N3O2S2/c1-2-5-14-17-12-8-7-11(10-13(12)21-18-14)22(19,20)15-6-3-4-9-16-15/h7-8,10,14-18H,2-6,9H2,1H3. The topological polar surface area (TPSA) is 70.2 Å². The Morgan fingerprint density at radius 1 is 1.32 bits per heavy atom. The normalized spacial score (nSPS) is 25.3. The van der Waals surface area contributed by atoms with Crippen LogP contribution in [-0.2, 0) is 9.84 Å². The van der Waals surface area contributed by atoms with Crippen LogP contribution in [0, 0.1) is 0 Å². The van der Waals surface area contributed by atoms with Crippen molar-refractivity contribution in [3.05, 3.63) is 18.2 Å². The molecule has 22 heavy (non-hydrogen) atoms. The zero-order valence-electron chi connectivity index (χ0n) is 12.8. The molecule has 1 fully saturated rings. The quantitative estimate of drug-likeness (QED) is 0.732. The Hall–Kier alpha value is -0.760. The van der Waals surface area contributed by atoms with E-state index in [0.717, 1.165) is 42.8 Å². The highest BCUT2D eigenvalue weighted by Crippen LogP contribution is 2.34. The molecule has 1 aromatic rings. The second-order valence-electron chi connectivity index (χ2n) is 5.85. The van der Waals surface area contributed by atoms with Crippen LogP contribution in [-0.4, -0.2) is 26.5 Å². The van der Waals surface area contributed by atoms with Gasteiger partial charge in [0.05, 0.1) is 16.7 Å². The monoisotopic (exact) mass is 341 g/mol. The summed E-state index contributed by atoms with van der Waals surface area (Å²) in [6, 6.07) is 5.40. The van der Waals surface area contributed by atoms with E-state index in [1.165, 1.54) is 11.9 Å². The molecule has 0 bridgehead atoms. The maximum Gasteiger partial charge on any atom is 0.194 e. The molecule has 0 amide bonds. The van der Waals surface area contributed by atoms with Crippen LogP contribution < -0.4 is 15.4 Å². The van der Waals surface area contributed by atoms with Crippen LogP contribution in [0.15, 0.2) is 28.0 Å². The molecule has 2 aliphatic rings. The third-order valence-electron chi connectivity index (χ3n) is 4.14. The number of sulfone groups is 1. The average molecular weight is 342 g/mol. The molecule has 1 aromatic carbocycles. The zero-order chi connectivity index (χ0) is 15.6. The third-order valence-corrected chi connectivity index (χ3v) is 7.16. The fraction of sp³-hybridized carbons (Fsp3) is 0.600. The Morgan fingerprint density at radius 2 is 2.18 bits per heavy atom. The molecule has 2 unspecified atom stereocenters. The van der Waals surface area contributed by atoms with Gasteiger partial charge in [0.1, 0.15) is 5.37 Å². The predicted octanol–water partition coefficient (Wildman–Crippen LogP) is 2.71. The minimum atomic E-state index is -3.30. The van der Waals surface area contributed by atoms with Gasteiger partial charge in [0.2, 0.25) is 0 Å². The van der Waals surface area contributed by atoms with Gasteiger partial charge in [-0.05, 0) is 62.4 Å². The number of rotatable bonds is 4. The molecular weight excluding hydrogens is 318 g/mol. The van der Waals surface area contributed by atoms with Crippen molar-refractivity contribution >= 4 is 27.5 Å². The minimum Gasteiger partial charge on any atom is -0.368 e. The Kier molecular flexibility index (Phi) is 4.97. The molecule has 0 spiro atoms. The molecular formula is C15H23N3O2S2. The summed E-state index contributed by atoms with van der Waals surface area (Å²) < 4.78 is 28.8. The first-order chi connectivity index (χ1) is 10.6. The summed E-state index contributed by atoms with van der Waals surface area (Å²) >= 11 is 1.52. The number of hydrogen-bond donors (Lipinski definition) is 3. The molecule has 2 aliphatic heterocycles. The van der Waals surface area contributed by atoms with E-state index in [2.05, 4.69) is 22.3 Å². The summed E-state index contributed by atoms with van der Waals surface area (Å²) in [5.74, 6) is 0. The van der Waals surface area contributed by atoms with E-state index < -0.39 is 15.2 Å². The number of benzene rings is 1. The predicted molar refractivity (Wildman–Crippen MR) is 90.6 cm³/mol. The highest BCUT2D eigenvalue weighted by atomic mass is 32.2. The van der Waals surface area contributed by atoms with Gasteiger partial charge in [-0.1, -0.05) is 13.3 Å². The van der Waals surface area contributed by atoms with Gasteiger partial charge in [-0.25, -0.2) is 13.1 Å². The molecule has 122 valence electrons. The summed E-state index contributed by atoms with van der Waals surface area (Å²) in [5, 5.41) is 6.11. The molecule has 0 radical (unpaired) electrons. The number of piperidine rings is 1. The summed E-state index contributed by atoms with van der Waals surface area (Å²) in [4.78, 5) is 1.36. The van der Waals surface area contributed by atoms with Crippen molar-refractivity contribution in [2.75, 3.05) is 11.9 Å². The van der Waals surface area contributed by atoms with Crippen LogP contribution in [0.5, 0.6) is 0 Å². The van der Waals surface area contributed by atoms with E-state index >= 15 is 0 Å². The lowest BCUT2D eigenvalue weighted by Gasteiger charge is -2.28. The van der Waals surface area contributed by atoms with Crippen LogP contribution in [0.3, 0.4) is 0 Å². The third kappa shape index (κ3) is 3.27. The van der Waals surface area contributed by atoms with Gasteiger partial charge in [-0.2, -0.15) is 0 Å². The van der Waals surface area contributed by atoms with Gasteiger partial charge >= 0.3 is 0 Å². The summed E-state index contributed by atoms with van der Waals surface area (Å²) in [6.07, 6.45) is 5.10. The van der Waals surface area contributed by atoms with Crippen LogP contribution in [0.1, 0.15) is 39.0 Å². The number of anilines is 1. The lowest BCUT2D eigenvalue weighted by molar-refractivity contribution is 0.461. The van der Waals surface area contributed by atoms with E-state index in [0.29, 0.717) is 11.3 Å². The van der Waals surface area contributed by atoms with Crippen molar-refractivity contribution in [3.8, 4) is 0 Å². The molecule has 0 saturated carbocycles. The largest absolute Gasteiger partial charge is 0.368 e. The van der Waals surface area contributed by atoms with Gasteiger partial charge < -0.3 is 10.6 Å². The van der Waals surface area contributed by atoms with Crippen molar-refractivity contribution in [1.82, 2.24) is 10.0 Å². The molecule has 7 heteroatoms. The number of hydrogen-bond acceptors (Lipinski definition) is 6. The van der Waals surface area contributed by atoms with E-state index in [1.807, 2.05) is 6.07 Å². The Morgan fingerprint density at radius 3 is 2.91 bits per heavy atom. The van der Waals surface area contributed by atoms with Crippen LogP contribution in [0.4, 0.5) is 5.69 Å². The highest BCUT2D eigenvalue weighted by molar-refractivity contribution is 7.97. The molecule has 2 atom stereocenters. The molecule has 5 nitrogen and oxygen atoms in total. The summed E-state index contributed by atoms with van der Waals surface area (Å²) in [7, 11) is -3.30. The van der Waals surface area contributed by atoms with Crippen molar-refractivity contribution in [2.24, 2.45) is 0 Å². The molecule has 0 aliphatic carbocycles. The van der Waals surface area contributed by atoms with Crippen molar-refractivity contribution in [3.63, 3.8) is 0 Å². The summed E-state index contributed by atoms with van der Waals surface area (Å²) in [6.45, 7) is 2.93. The first-order valence-electron chi connectivity index (χ1n) is 7.91. The number of fused-ring (bicyclic) bond motifs is 1. The molecule has 2 heterocycles. The SMILES string of the molecule is CCCC1NSc2cc(S(=O)(=O)C3CCCCN3)ccc2N1. The highest BCUT2D eigenvalue weighted by Gasteiger charge is 2.29. The average Bonchev–Trinajstić information content (AvgIpc) is 2.55. The molecule has 3 rings (SSSR count). The van der Waals surface area contributed by atoms with E-state index in [9.17, 15) is 8.42 Å². The Bertz CT molecular complexity index is 628. The van der Waals surface area contributed by atoms with E-state index in [1.54, 1.807) is 12.1 Å². The lowest BCUT2D eigenvalue weighted by Crippen LogP contribution is -2.40. The van der Waals surface area contributed by atoms with Gasteiger partial charge in [-0.15, -0.1) is 0 Å². The van der Waals surface area contributed by atoms with Gasteiger partial charge in [0.15, 0.2) is 9.84 Å². The maximum atomic E-state index is 12.7. The van der Waals surface area contributed by atoms with E-state index in [-0.39, 0.29) is 6.17 Å². The smallest absolute Gasteiger partial charge is 0.194 e. The van der Waals surface area contributed by atoms with Crippen molar-refractivity contribution in [1.29, 1.82) is 0 Å². The number of nitrogens with one attached hydrogen (secondary N) is 3. The Labute approximate surface area is 136 Å². The first kappa shape index (κ1) is 16.1. The van der Waals surface area contributed by atoms with Gasteiger partial charge in [-0.3, -0.25) is 0 Å². The fourth-order valence-corrected chi connectivity index (χ4v) is 5.53. The maximum absolute atomic E-state index is 12.7. The zero-order valence-corrected chi connectivity index (χ0v) is 14.4.